The lowest BCUT2D eigenvalue weighted by atomic mass is 10.1. The second kappa shape index (κ2) is 6.49. The zero-order chi connectivity index (χ0) is 17.1. The first-order valence-corrected chi connectivity index (χ1v) is 7.30. The Morgan fingerprint density at radius 1 is 1.33 bits per heavy atom. The third kappa shape index (κ3) is 2.83. The van der Waals surface area contributed by atoms with Gasteiger partial charge in [-0.25, -0.2) is 0 Å². The van der Waals surface area contributed by atoms with Crippen LogP contribution < -0.4 is 14.5 Å². The third-order valence-electron chi connectivity index (χ3n) is 3.38. The van der Waals surface area contributed by atoms with Crippen molar-refractivity contribution in [1.82, 2.24) is 20.6 Å². The average molecular weight is 328 g/mol. The molecule has 1 aliphatic rings. The molecule has 0 bridgehead atoms. The van der Waals surface area contributed by atoms with Crippen LogP contribution in [0.25, 0.3) is 6.08 Å². The Kier molecular flexibility index (Phi) is 4.23. The number of H-pyrrole nitrogens is 1. The largest absolute Gasteiger partial charge is 0.493 e. The lowest BCUT2D eigenvalue weighted by Crippen LogP contribution is -2.22. The number of methoxy groups -OCH3 is 1. The highest BCUT2D eigenvalue weighted by Crippen LogP contribution is 2.30. The Bertz CT molecular complexity index is 813. The molecule has 1 amide bonds. The second-order valence-corrected chi connectivity index (χ2v) is 4.92. The Balaban J connectivity index is 1.93. The van der Waals surface area contributed by atoms with Gasteiger partial charge < -0.3 is 9.47 Å². The molecule has 0 aliphatic carbocycles. The van der Waals surface area contributed by atoms with Crippen molar-refractivity contribution in [2.24, 2.45) is 5.10 Å². The molecule has 1 aromatic carbocycles. The van der Waals surface area contributed by atoms with E-state index in [1.807, 2.05) is 19.1 Å². The Morgan fingerprint density at radius 3 is 2.83 bits per heavy atom. The molecule has 0 fully saturated rings. The predicted octanol–water partition coefficient (Wildman–Crippen LogP) is 1.41. The molecule has 0 spiro atoms. The van der Waals surface area contributed by atoms with Gasteiger partial charge in [0.05, 0.1) is 25.0 Å². The summed E-state index contributed by atoms with van der Waals surface area (Å²) in [6, 6.07) is 5.44. The van der Waals surface area contributed by atoms with E-state index in [2.05, 4.69) is 25.7 Å². The number of hydrazone groups is 1. The number of hydrogen-bond acceptors (Lipinski definition) is 7. The minimum absolute atomic E-state index is 0.104. The molecule has 0 atom stereocenters. The number of ether oxygens (including phenoxy) is 2. The number of aromatic nitrogens is 4. The van der Waals surface area contributed by atoms with Crippen molar-refractivity contribution < 1.29 is 14.3 Å². The normalized spacial score (nSPS) is 15.8. The number of carbonyl (C=O) groups excluding carboxylic acids is 1. The average Bonchev–Trinajstić information content (AvgIpc) is 3.19. The van der Waals surface area contributed by atoms with Gasteiger partial charge in [-0.15, -0.1) is 5.10 Å². The van der Waals surface area contributed by atoms with Crippen molar-refractivity contribution in [3.05, 3.63) is 29.3 Å². The number of nitrogens with zero attached hydrogens (tertiary/aromatic N) is 5. The van der Waals surface area contributed by atoms with Crippen LogP contribution in [0.1, 0.15) is 19.4 Å². The zero-order valence-corrected chi connectivity index (χ0v) is 13.5. The zero-order valence-electron chi connectivity index (χ0n) is 13.5. The van der Waals surface area contributed by atoms with Crippen molar-refractivity contribution in [1.29, 1.82) is 0 Å². The molecule has 0 saturated carbocycles. The summed E-state index contributed by atoms with van der Waals surface area (Å²) in [7, 11) is 1.58. The quantitative estimate of drug-likeness (QED) is 0.832. The molecular formula is C15H16N6O3. The molecule has 9 nitrogen and oxygen atoms in total. The number of anilines is 1. The highest BCUT2D eigenvalue weighted by Gasteiger charge is 2.31. The number of amides is 1. The van der Waals surface area contributed by atoms with Crippen molar-refractivity contribution in [3.8, 4) is 11.5 Å². The molecule has 3 rings (SSSR count). The van der Waals surface area contributed by atoms with E-state index >= 15 is 0 Å². The number of tetrazole rings is 1. The van der Waals surface area contributed by atoms with E-state index in [-0.39, 0.29) is 11.9 Å². The summed E-state index contributed by atoms with van der Waals surface area (Å²) in [6.07, 6.45) is 1.74. The fourth-order valence-corrected chi connectivity index (χ4v) is 2.28. The van der Waals surface area contributed by atoms with Crippen molar-refractivity contribution in [3.63, 3.8) is 0 Å². The van der Waals surface area contributed by atoms with E-state index in [1.54, 1.807) is 26.2 Å². The van der Waals surface area contributed by atoms with Crippen LogP contribution in [0, 0.1) is 0 Å². The monoisotopic (exact) mass is 328 g/mol. The number of carbonyl (C=O) groups is 1. The maximum Gasteiger partial charge on any atom is 0.293 e. The third-order valence-corrected chi connectivity index (χ3v) is 3.38. The standard InChI is InChI=1S/C15H16N6O3/c1-4-24-13-8-10(5-6-12(13)23-3)7-11-9(2)18-21(14(11)22)15-16-19-20-17-15/h5-8H,4H2,1-3H3,(H,16,17,19,20)/b11-7-. The molecule has 24 heavy (non-hydrogen) atoms. The van der Waals surface area contributed by atoms with E-state index in [0.29, 0.717) is 29.4 Å². The van der Waals surface area contributed by atoms with Gasteiger partial charge in [0.2, 0.25) is 0 Å². The molecule has 0 unspecified atom stereocenters. The molecule has 2 aromatic rings. The summed E-state index contributed by atoms with van der Waals surface area (Å²) in [4.78, 5) is 12.5. The van der Waals surface area contributed by atoms with E-state index < -0.39 is 0 Å². The van der Waals surface area contributed by atoms with Crippen molar-refractivity contribution >= 4 is 23.6 Å². The smallest absolute Gasteiger partial charge is 0.293 e. The number of benzene rings is 1. The van der Waals surface area contributed by atoms with Crippen LogP contribution in [-0.4, -0.2) is 46.0 Å². The minimum Gasteiger partial charge on any atom is -0.493 e. The van der Waals surface area contributed by atoms with Crippen molar-refractivity contribution in [2.75, 3.05) is 18.7 Å². The molecule has 2 heterocycles. The lowest BCUT2D eigenvalue weighted by Gasteiger charge is -2.10. The van der Waals surface area contributed by atoms with Crippen LogP contribution in [0.3, 0.4) is 0 Å². The number of aromatic amines is 1. The van der Waals surface area contributed by atoms with Crippen LogP contribution in [0.15, 0.2) is 28.9 Å². The van der Waals surface area contributed by atoms with Gasteiger partial charge in [-0.3, -0.25) is 4.79 Å². The molecule has 1 aliphatic heterocycles. The summed E-state index contributed by atoms with van der Waals surface area (Å²) < 4.78 is 10.8. The van der Waals surface area contributed by atoms with Crippen LogP contribution in [0.5, 0.6) is 11.5 Å². The van der Waals surface area contributed by atoms with Crippen LogP contribution in [0.2, 0.25) is 0 Å². The van der Waals surface area contributed by atoms with Gasteiger partial charge in [0, 0.05) is 0 Å². The van der Waals surface area contributed by atoms with E-state index in [4.69, 9.17) is 9.47 Å². The first-order chi connectivity index (χ1) is 11.6. The first kappa shape index (κ1) is 15.7. The van der Waals surface area contributed by atoms with Gasteiger partial charge in [-0.1, -0.05) is 11.2 Å². The van der Waals surface area contributed by atoms with Gasteiger partial charge in [-0.2, -0.15) is 15.3 Å². The maximum absolute atomic E-state index is 12.5. The fraction of sp³-hybridized carbons (Fsp3) is 0.267. The van der Waals surface area contributed by atoms with E-state index in [1.165, 1.54) is 0 Å². The summed E-state index contributed by atoms with van der Waals surface area (Å²) in [5.41, 5.74) is 1.82. The summed E-state index contributed by atoms with van der Waals surface area (Å²) in [5.74, 6) is 1.04. The molecule has 0 radical (unpaired) electrons. The Labute approximate surface area is 137 Å². The second-order valence-electron chi connectivity index (χ2n) is 4.92. The Morgan fingerprint density at radius 2 is 2.17 bits per heavy atom. The van der Waals surface area contributed by atoms with Gasteiger partial charge in [0.15, 0.2) is 11.5 Å². The van der Waals surface area contributed by atoms with Crippen LogP contribution in [0.4, 0.5) is 5.95 Å². The highest BCUT2D eigenvalue weighted by molar-refractivity contribution is 6.31. The first-order valence-electron chi connectivity index (χ1n) is 7.30. The predicted molar refractivity (Wildman–Crippen MR) is 86.9 cm³/mol. The lowest BCUT2D eigenvalue weighted by molar-refractivity contribution is -0.114. The van der Waals surface area contributed by atoms with Gasteiger partial charge in [0.1, 0.15) is 0 Å². The van der Waals surface area contributed by atoms with E-state index in [9.17, 15) is 4.79 Å². The summed E-state index contributed by atoms with van der Waals surface area (Å²) in [6.45, 7) is 4.16. The highest BCUT2D eigenvalue weighted by atomic mass is 16.5. The van der Waals surface area contributed by atoms with Crippen LogP contribution in [-0.2, 0) is 4.79 Å². The molecule has 124 valence electrons. The van der Waals surface area contributed by atoms with Gasteiger partial charge in [0.25, 0.3) is 11.9 Å². The molecule has 9 heteroatoms. The van der Waals surface area contributed by atoms with Gasteiger partial charge in [-0.05, 0) is 42.8 Å². The fourth-order valence-electron chi connectivity index (χ4n) is 2.28. The maximum atomic E-state index is 12.5. The molecule has 1 aromatic heterocycles. The number of hydrogen-bond donors (Lipinski definition) is 1. The minimum atomic E-state index is -0.317. The Hall–Kier alpha value is -3.23. The van der Waals surface area contributed by atoms with Gasteiger partial charge >= 0.3 is 0 Å². The number of nitrogens with one attached hydrogen (secondary N) is 1. The molecule has 0 saturated heterocycles. The molecule has 1 N–H and O–H groups in total. The van der Waals surface area contributed by atoms with Crippen molar-refractivity contribution in [2.45, 2.75) is 13.8 Å². The number of rotatable bonds is 5. The SMILES string of the molecule is CCOc1cc(/C=C2\C(=O)N(c3nn[nH]n3)N=C2C)ccc1OC. The summed E-state index contributed by atoms with van der Waals surface area (Å²) in [5, 5.41) is 18.6. The van der Waals surface area contributed by atoms with E-state index in [0.717, 1.165) is 10.6 Å². The summed E-state index contributed by atoms with van der Waals surface area (Å²) >= 11 is 0. The molecular weight excluding hydrogens is 312 g/mol. The topological polar surface area (TPSA) is 106 Å². The van der Waals surface area contributed by atoms with Crippen LogP contribution >= 0.6 is 0 Å².